The number of aromatic hydroxyl groups is 1. The number of amides is 2. The number of nitrogens with one attached hydrogen (secondary N) is 3. The second-order valence-corrected chi connectivity index (χ2v) is 26.4. The number of hydrogen-bond acceptors (Lipinski definition) is 18. The SMILES string of the molecule is C/C=C1/C(=O)NCc2c(C)c(C)c(C)c(C)c21.Cc1c(C)c(C)c2c(c1C)CNC(=O)/C2=C\NCc1cc(=O)c(C)co1.Cc1coc(CN)cc1=O.Cc1coc(CN=[N+]=[N-])cc1=O.Cc1coc(CO)cc1=O.O=c1cc(CO)occ1O.c1ccc(P(c2ccccc2)c2ccccc2)cc1. The van der Waals surface area contributed by atoms with Crippen LogP contribution in [0.15, 0.2) is 216 Å². The monoisotopic (exact) mass is 1430 g/mol. The second kappa shape index (κ2) is 39.6. The van der Waals surface area contributed by atoms with Crippen LogP contribution in [-0.2, 0) is 55.5 Å². The van der Waals surface area contributed by atoms with Gasteiger partial charge in [0.2, 0.25) is 5.43 Å². The number of allylic oxidation sites excluding steroid dienone is 1. The Bertz CT molecular complexity index is 4840. The largest absolute Gasteiger partial charge is 0.502 e. The van der Waals surface area contributed by atoms with Crippen molar-refractivity contribution in [1.82, 2.24) is 16.0 Å². The van der Waals surface area contributed by atoms with Gasteiger partial charge >= 0.3 is 0 Å². The van der Waals surface area contributed by atoms with Crippen LogP contribution in [-0.4, -0.2) is 27.1 Å². The van der Waals surface area contributed by atoms with Gasteiger partial charge in [-0.15, -0.1) is 0 Å². The molecular weight excluding hydrogens is 1340 g/mol. The minimum atomic E-state index is -0.546. The molecule has 2 amide bonds. The number of aryl methyl sites for hydroxylation is 4. The van der Waals surface area contributed by atoms with Gasteiger partial charge in [0.25, 0.3) is 11.8 Å². The van der Waals surface area contributed by atoms with Gasteiger partial charge in [0.15, 0.2) is 27.5 Å². The van der Waals surface area contributed by atoms with Crippen LogP contribution in [0.25, 0.3) is 21.6 Å². The Morgan fingerprint density at radius 2 is 0.827 bits per heavy atom. The molecule has 0 saturated carbocycles. The highest BCUT2D eigenvalue weighted by atomic mass is 31.1. The summed E-state index contributed by atoms with van der Waals surface area (Å²) in [6.45, 7) is 26.9. The van der Waals surface area contributed by atoms with E-state index in [4.69, 9.17) is 44.3 Å². The predicted molar refractivity (Wildman–Crippen MR) is 406 cm³/mol. The fourth-order valence-corrected chi connectivity index (χ4v) is 12.9. The number of carbonyl (C=O) groups excluding carboxylic acids is 2. The number of benzene rings is 5. The Morgan fingerprint density at radius 3 is 1.22 bits per heavy atom. The van der Waals surface area contributed by atoms with Gasteiger partial charge in [0.05, 0.1) is 50.3 Å². The van der Waals surface area contributed by atoms with Crippen LogP contribution in [0.4, 0.5) is 0 Å². The van der Waals surface area contributed by atoms with E-state index in [0.717, 1.165) is 34.6 Å². The highest BCUT2D eigenvalue weighted by molar-refractivity contribution is 7.79. The van der Waals surface area contributed by atoms with E-state index in [1.165, 1.54) is 115 Å². The molecule has 10 aromatic rings. The third-order valence-corrected chi connectivity index (χ3v) is 19.8. The lowest BCUT2D eigenvalue weighted by molar-refractivity contribution is -0.116. The van der Waals surface area contributed by atoms with Gasteiger partial charge in [-0.3, -0.25) is 33.6 Å². The van der Waals surface area contributed by atoms with Crippen LogP contribution in [0.3, 0.4) is 0 Å². The number of nitrogens with two attached hydrogens (primary N) is 1. The maximum atomic E-state index is 12.5. The maximum absolute atomic E-state index is 12.5. The first kappa shape index (κ1) is 81.5. The van der Waals surface area contributed by atoms with E-state index in [2.05, 4.69) is 177 Å². The third kappa shape index (κ3) is 22.0. The number of rotatable bonds is 11. The van der Waals surface area contributed by atoms with Crippen LogP contribution in [0.2, 0.25) is 0 Å². The Labute approximate surface area is 603 Å². The van der Waals surface area contributed by atoms with Crippen LogP contribution in [0.1, 0.15) is 125 Å². The van der Waals surface area contributed by atoms with Crippen LogP contribution in [0.5, 0.6) is 5.75 Å². The molecule has 0 fully saturated rings. The molecule has 5 aromatic carbocycles. The summed E-state index contributed by atoms with van der Waals surface area (Å²) < 4.78 is 24.8. The molecule has 0 saturated heterocycles. The highest BCUT2D eigenvalue weighted by Crippen LogP contribution is 2.36. The topological polar surface area (TPSA) is 357 Å². The van der Waals surface area contributed by atoms with Crippen molar-refractivity contribution in [2.45, 2.75) is 136 Å². The average Bonchev–Trinajstić information content (AvgIpc) is 0.763. The van der Waals surface area contributed by atoms with Crippen molar-refractivity contribution in [3.05, 3.63) is 344 Å². The van der Waals surface area contributed by atoms with Gasteiger partial charge in [-0.05, 0) is 186 Å². The normalized spacial score (nSPS) is 12.3. The molecule has 23 heteroatoms. The average molecular weight is 1430 g/mol. The van der Waals surface area contributed by atoms with Crippen molar-refractivity contribution in [3.63, 3.8) is 0 Å². The van der Waals surface area contributed by atoms with Gasteiger partial charge in [0, 0.05) is 82.4 Å². The molecule has 542 valence electrons. The summed E-state index contributed by atoms with van der Waals surface area (Å²) in [4.78, 5) is 81.9. The quantitative estimate of drug-likeness (QED) is 0.0208. The first-order valence-electron chi connectivity index (χ1n) is 33.1. The Balaban J connectivity index is 0.000000197. The molecule has 0 unspecified atom stereocenters. The molecule has 12 rings (SSSR count). The molecule has 0 radical (unpaired) electrons. The van der Waals surface area contributed by atoms with Crippen LogP contribution in [0, 0.1) is 83.1 Å². The number of carbonyl (C=O) groups is 2. The van der Waals surface area contributed by atoms with Crippen molar-refractivity contribution >= 4 is 46.8 Å². The minimum absolute atomic E-state index is 0.0216. The van der Waals surface area contributed by atoms with Gasteiger partial charge < -0.3 is 59.1 Å². The standard InChI is InChI=1S/C21H24N2O3.C18H15P.C15H19NO.C7H7N3O2.C7H9NO2.C7H8O3.C6H6O4/c1-11-10-26-16(6-19(11)24)7-22-8-18-20-15(5)13(3)12(2)14(4)17(20)9-23-21(18)25;1-4-10-16(11-5-1)19(17-12-6-2-7-13-17)18-14-8-3-9-15-18;1-6-12-14-11(5)9(3)8(2)10(4)13(14)7-16-15(12)17;1-5-4-12-6(2-7(5)11)3-9-10-8;2*1-5-4-10-6(3-8)2-7(5)9;7-2-4-1-5(8)6(9)3-10-4/h6,8,10,22H,7,9H2,1-5H3,(H,23,25);1-15H;6H,7H2,1-5H3,(H,16,17);2,4H,3H2,1H3;2,4H,3,8H2,1H3;2,4,8H,3H2,1H3;1,3,7,9H,2H2/b18-8-;;12-6+;;;;. The summed E-state index contributed by atoms with van der Waals surface area (Å²) >= 11 is 0. The van der Waals surface area contributed by atoms with Crippen molar-refractivity contribution < 1.29 is 47.0 Å². The molecule has 0 atom stereocenters. The first-order valence-corrected chi connectivity index (χ1v) is 34.4. The van der Waals surface area contributed by atoms with Gasteiger partial charge in [-0.1, -0.05) is 102 Å². The van der Waals surface area contributed by atoms with Crippen LogP contribution < -0.4 is 64.7 Å². The van der Waals surface area contributed by atoms with E-state index in [1.807, 2.05) is 13.0 Å². The summed E-state index contributed by atoms with van der Waals surface area (Å²) in [6, 6.07) is 38.9. The van der Waals surface area contributed by atoms with E-state index < -0.39 is 19.1 Å². The third-order valence-electron chi connectivity index (χ3n) is 17.3. The lowest BCUT2D eigenvalue weighted by atomic mass is 9.83. The van der Waals surface area contributed by atoms with E-state index in [-0.39, 0.29) is 65.6 Å². The Hall–Kier alpha value is -11.5. The molecular formula is C81H88N7O15P. The second-order valence-electron chi connectivity index (χ2n) is 24.1. The lowest BCUT2D eigenvalue weighted by Crippen LogP contribution is -2.32. The number of nitrogens with zero attached hydrogens (tertiary/aromatic N) is 3. The Morgan fingerprint density at radius 1 is 0.481 bits per heavy atom. The zero-order valence-electron chi connectivity index (χ0n) is 60.6. The van der Waals surface area contributed by atoms with Crippen molar-refractivity contribution in [2.75, 3.05) is 0 Å². The van der Waals surface area contributed by atoms with Gasteiger partial charge in [-0.25, -0.2) is 0 Å². The number of aliphatic hydroxyl groups excluding tert-OH is 2. The first-order chi connectivity index (χ1) is 49.7. The fourth-order valence-electron chi connectivity index (χ4n) is 10.6. The molecule has 7 heterocycles. The molecule has 2 aliphatic rings. The molecule has 22 nitrogen and oxygen atoms in total. The summed E-state index contributed by atoms with van der Waals surface area (Å²) in [5.74, 6) is 1.38. The number of fused-ring (bicyclic) bond motifs is 2. The van der Waals surface area contributed by atoms with E-state index >= 15 is 0 Å². The number of aliphatic hydroxyl groups is 2. The Kier molecular flexibility index (Phi) is 31.0. The number of hydrogen-bond donors (Lipinski definition) is 7. The molecule has 8 N–H and O–H groups in total. The highest BCUT2D eigenvalue weighted by Gasteiger charge is 2.28. The molecule has 0 aliphatic carbocycles. The smallest absolute Gasteiger partial charge is 0.253 e. The van der Waals surface area contributed by atoms with E-state index in [9.17, 15) is 33.6 Å². The molecule has 104 heavy (non-hydrogen) atoms. The van der Waals surface area contributed by atoms with Crippen molar-refractivity contribution in [2.24, 2.45) is 10.8 Å². The maximum Gasteiger partial charge on any atom is 0.253 e. The number of azide groups is 1. The minimum Gasteiger partial charge on any atom is -0.502 e. The van der Waals surface area contributed by atoms with Crippen molar-refractivity contribution in [3.8, 4) is 5.75 Å². The van der Waals surface area contributed by atoms with Gasteiger partial charge in [-0.2, -0.15) is 0 Å². The fraction of sp³-hybridized carbons (Fsp3) is 0.247. The zero-order chi connectivity index (χ0) is 76.3. The molecule has 2 aliphatic heterocycles. The predicted octanol–water partition coefficient (Wildman–Crippen LogP) is 11.8. The van der Waals surface area contributed by atoms with E-state index in [0.29, 0.717) is 70.5 Å². The molecule has 0 spiro atoms. The summed E-state index contributed by atoms with van der Waals surface area (Å²) in [6.07, 6.45) is 10.1. The molecule has 0 bridgehead atoms. The van der Waals surface area contributed by atoms with Crippen molar-refractivity contribution in [1.29, 1.82) is 0 Å². The summed E-state index contributed by atoms with van der Waals surface area (Å²) in [5.41, 5.74) is 30.7. The summed E-state index contributed by atoms with van der Waals surface area (Å²) in [7, 11) is -0.446. The summed E-state index contributed by atoms with van der Waals surface area (Å²) in [5, 5.41) is 42.1. The van der Waals surface area contributed by atoms with E-state index in [1.54, 1.807) is 33.9 Å². The lowest BCUT2D eigenvalue weighted by Gasteiger charge is -2.26. The zero-order valence-corrected chi connectivity index (χ0v) is 61.5. The van der Waals surface area contributed by atoms with Gasteiger partial charge in [0.1, 0.15) is 48.3 Å². The molecule has 5 aromatic heterocycles. The van der Waals surface area contributed by atoms with Crippen LogP contribution >= 0.6 is 7.92 Å².